The highest BCUT2D eigenvalue weighted by atomic mass is 16.4. The van der Waals surface area contributed by atoms with Crippen LogP contribution in [0.25, 0.3) is 0 Å². The number of hydrogen-bond acceptors (Lipinski definition) is 4. The Morgan fingerprint density at radius 3 is 1.33 bits per heavy atom. The van der Waals surface area contributed by atoms with E-state index < -0.39 is 11.9 Å². The Labute approximate surface area is 88.5 Å². The molecule has 0 rings (SSSR count). The maximum atomic E-state index is 10.4. The van der Waals surface area contributed by atoms with Crippen molar-refractivity contribution < 1.29 is 24.3 Å². The van der Waals surface area contributed by atoms with Gasteiger partial charge in [0.2, 0.25) is 0 Å². The zero-order chi connectivity index (χ0) is 12.6. The van der Waals surface area contributed by atoms with E-state index >= 15 is 0 Å². The summed E-state index contributed by atoms with van der Waals surface area (Å²) in [5, 5.41) is 7.86. The van der Waals surface area contributed by atoms with Gasteiger partial charge in [-0.05, 0) is 27.7 Å². The van der Waals surface area contributed by atoms with Crippen LogP contribution in [-0.4, -0.2) is 28.4 Å². The van der Waals surface area contributed by atoms with Crippen molar-refractivity contribution in [2.45, 2.75) is 34.1 Å². The topological polar surface area (TPSA) is 88.5 Å². The number of carbonyl (C=O) groups excluding carboxylic acids is 3. The fourth-order valence-electron chi connectivity index (χ4n) is 0.499. The second kappa shape index (κ2) is 7.84. The fourth-order valence-corrected chi connectivity index (χ4v) is 0.499. The zero-order valence-corrected chi connectivity index (χ0v) is 9.36. The smallest absolute Gasteiger partial charge is 0.310 e. The van der Waals surface area contributed by atoms with Crippen molar-refractivity contribution in [3.63, 3.8) is 0 Å². The highest BCUT2D eigenvalue weighted by Crippen LogP contribution is 1.95. The SMILES string of the molecule is CC(=O)C(C)C(C)=O.CC(=O)CC(=O)O. The molecule has 0 atom stereocenters. The lowest BCUT2D eigenvalue weighted by molar-refractivity contribution is -0.140. The van der Waals surface area contributed by atoms with Gasteiger partial charge in [-0.3, -0.25) is 19.2 Å². The van der Waals surface area contributed by atoms with Crippen LogP contribution in [-0.2, 0) is 19.2 Å². The van der Waals surface area contributed by atoms with Gasteiger partial charge in [0.15, 0.2) is 0 Å². The van der Waals surface area contributed by atoms with Crippen molar-refractivity contribution in [2.75, 3.05) is 0 Å². The molecule has 0 fully saturated rings. The summed E-state index contributed by atoms with van der Waals surface area (Å²) in [5.41, 5.74) is 0. The summed E-state index contributed by atoms with van der Waals surface area (Å²) < 4.78 is 0. The van der Waals surface area contributed by atoms with Gasteiger partial charge >= 0.3 is 5.97 Å². The van der Waals surface area contributed by atoms with Crippen LogP contribution in [0.1, 0.15) is 34.1 Å². The summed E-state index contributed by atoms with van der Waals surface area (Å²) >= 11 is 0. The number of carbonyl (C=O) groups is 4. The fraction of sp³-hybridized carbons (Fsp3) is 0.600. The minimum Gasteiger partial charge on any atom is -0.481 e. The van der Waals surface area contributed by atoms with Crippen molar-refractivity contribution in [3.8, 4) is 0 Å². The maximum Gasteiger partial charge on any atom is 0.310 e. The van der Waals surface area contributed by atoms with Crippen molar-refractivity contribution in [1.82, 2.24) is 0 Å². The average molecular weight is 216 g/mol. The molecule has 5 nitrogen and oxygen atoms in total. The van der Waals surface area contributed by atoms with Crippen LogP contribution >= 0.6 is 0 Å². The number of aliphatic carboxylic acids is 1. The van der Waals surface area contributed by atoms with Crippen molar-refractivity contribution in [2.24, 2.45) is 5.92 Å². The Morgan fingerprint density at radius 1 is 1.00 bits per heavy atom. The first-order valence-electron chi connectivity index (χ1n) is 4.40. The zero-order valence-electron chi connectivity index (χ0n) is 9.36. The minimum atomic E-state index is -1.06. The third-order valence-corrected chi connectivity index (χ3v) is 1.62. The van der Waals surface area contributed by atoms with Crippen LogP contribution in [0.4, 0.5) is 0 Å². The number of rotatable bonds is 4. The Kier molecular flexibility index (Phi) is 8.33. The number of carboxylic acid groups (broad SMARTS) is 1. The number of Topliss-reactive ketones (excluding diaryl/α,β-unsaturated/α-hetero) is 3. The molecule has 1 N–H and O–H groups in total. The molecule has 0 saturated heterocycles. The maximum absolute atomic E-state index is 10.4. The second-order valence-electron chi connectivity index (χ2n) is 3.22. The van der Waals surface area contributed by atoms with Crippen LogP contribution in [0.5, 0.6) is 0 Å². The van der Waals surface area contributed by atoms with Crippen molar-refractivity contribution in [1.29, 1.82) is 0 Å². The molecule has 0 saturated carbocycles. The lowest BCUT2D eigenvalue weighted by Crippen LogP contribution is -2.14. The predicted molar refractivity (Wildman–Crippen MR) is 53.5 cm³/mol. The molecule has 15 heavy (non-hydrogen) atoms. The van der Waals surface area contributed by atoms with E-state index in [1.54, 1.807) is 6.92 Å². The third kappa shape index (κ3) is 12.5. The van der Waals surface area contributed by atoms with Crippen LogP contribution in [0.2, 0.25) is 0 Å². The largest absolute Gasteiger partial charge is 0.481 e. The summed E-state index contributed by atoms with van der Waals surface area (Å²) in [6.07, 6.45) is -0.361. The van der Waals surface area contributed by atoms with Gasteiger partial charge in [0.1, 0.15) is 23.8 Å². The molecule has 0 unspecified atom stereocenters. The minimum absolute atomic E-state index is 0.0579. The molecule has 0 aliphatic carbocycles. The first kappa shape index (κ1) is 15.9. The lowest BCUT2D eigenvalue weighted by Gasteiger charge is -1.97. The first-order valence-corrected chi connectivity index (χ1v) is 4.40. The lowest BCUT2D eigenvalue weighted by atomic mass is 10.0. The third-order valence-electron chi connectivity index (χ3n) is 1.62. The first-order chi connectivity index (χ1) is 6.68. The van der Waals surface area contributed by atoms with E-state index in [2.05, 4.69) is 0 Å². The molecule has 0 aliphatic rings. The van der Waals surface area contributed by atoms with E-state index in [-0.39, 0.29) is 23.8 Å². The number of carboxylic acids is 1. The normalized spacial score (nSPS) is 8.87. The van der Waals surface area contributed by atoms with Gasteiger partial charge in [-0.2, -0.15) is 0 Å². The van der Waals surface area contributed by atoms with Gasteiger partial charge in [0.05, 0.1) is 5.92 Å². The highest BCUT2D eigenvalue weighted by Gasteiger charge is 2.11. The molecule has 0 bridgehead atoms. The molecule has 0 spiro atoms. The molecule has 0 aliphatic heterocycles. The molecule has 0 amide bonds. The van der Waals surface area contributed by atoms with Crippen molar-refractivity contribution >= 4 is 23.3 Å². The summed E-state index contributed by atoms with van der Waals surface area (Å²) in [5.74, 6) is -1.90. The second-order valence-corrected chi connectivity index (χ2v) is 3.22. The quantitative estimate of drug-likeness (QED) is 0.704. The monoisotopic (exact) mass is 216 g/mol. The molecule has 0 aromatic carbocycles. The molecule has 86 valence electrons. The van der Waals surface area contributed by atoms with Crippen LogP contribution in [0.15, 0.2) is 0 Å². The van der Waals surface area contributed by atoms with Gasteiger partial charge in [-0.1, -0.05) is 0 Å². The van der Waals surface area contributed by atoms with Gasteiger partial charge in [-0.15, -0.1) is 0 Å². The predicted octanol–water partition coefficient (Wildman–Crippen LogP) is 0.851. The van der Waals surface area contributed by atoms with E-state index in [1.165, 1.54) is 20.8 Å². The standard InChI is InChI=1S/C6H10O2.C4H6O3/c1-4(5(2)7)6(3)8;1-3(5)2-4(6)7/h4H,1-3H3;2H2,1H3,(H,6,7). The molecule has 0 aromatic rings. The van der Waals surface area contributed by atoms with E-state index in [1.807, 2.05) is 0 Å². The Balaban J connectivity index is 0. The van der Waals surface area contributed by atoms with Crippen LogP contribution in [0, 0.1) is 5.92 Å². The average Bonchev–Trinajstić information content (AvgIpc) is 2.00. The van der Waals surface area contributed by atoms with Gasteiger partial charge in [-0.25, -0.2) is 0 Å². The summed E-state index contributed by atoms with van der Waals surface area (Å²) in [4.78, 5) is 40.2. The van der Waals surface area contributed by atoms with Gasteiger partial charge in [0, 0.05) is 0 Å². The highest BCUT2D eigenvalue weighted by molar-refractivity contribution is 5.99. The molecule has 0 heterocycles. The van der Waals surface area contributed by atoms with E-state index in [9.17, 15) is 19.2 Å². The van der Waals surface area contributed by atoms with Gasteiger partial charge in [0.25, 0.3) is 0 Å². The summed E-state index contributed by atoms with van der Waals surface area (Å²) in [6, 6.07) is 0. The summed E-state index contributed by atoms with van der Waals surface area (Å²) in [6.45, 7) is 5.71. The summed E-state index contributed by atoms with van der Waals surface area (Å²) in [7, 11) is 0. The molecule has 0 radical (unpaired) electrons. The molecular weight excluding hydrogens is 200 g/mol. The Bertz CT molecular complexity index is 241. The van der Waals surface area contributed by atoms with E-state index in [0.717, 1.165) is 0 Å². The molecule has 5 heteroatoms. The van der Waals surface area contributed by atoms with E-state index in [0.29, 0.717) is 0 Å². The van der Waals surface area contributed by atoms with Gasteiger partial charge < -0.3 is 5.11 Å². The van der Waals surface area contributed by atoms with E-state index in [4.69, 9.17) is 5.11 Å². The van der Waals surface area contributed by atoms with Crippen molar-refractivity contribution in [3.05, 3.63) is 0 Å². The number of ketones is 3. The molecular formula is C10H16O5. The molecule has 0 aromatic heterocycles. The number of hydrogen-bond donors (Lipinski definition) is 1. The Morgan fingerprint density at radius 2 is 1.33 bits per heavy atom. The van der Waals surface area contributed by atoms with Crippen LogP contribution in [0.3, 0.4) is 0 Å². The Hall–Kier alpha value is -1.52. The van der Waals surface area contributed by atoms with Crippen LogP contribution < -0.4 is 0 Å².